The molecular formula is C21H26F3N7O3. The van der Waals surface area contributed by atoms with Gasteiger partial charge in [0.15, 0.2) is 0 Å². The van der Waals surface area contributed by atoms with Crippen LogP contribution in [0.4, 0.5) is 24.8 Å². The summed E-state index contributed by atoms with van der Waals surface area (Å²) in [7, 11) is 0. The highest BCUT2D eigenvalue weighted by molar-refractivity contribution is 5.76. The Bertz CT molecular complexity index is 1040. The second-order valence-electron chi connectivity index (χ2n) is 8.15. The average Bonchev–Trinajstić information content (AvgIpc) is 2.84. The molecule has 0 bridgehead atoms. The van der Waals surface area contributed by atoms with Gasteiger partial charge in [0.1, 0.15) is 0 Å². The first-order valence-corrected chi connectivity index (χ1v) is 11.1. The lowest BCUT2D eigenvalue weighted by Gasteiger charge is -2.34. The molecule has 2 aromatic rings. The summed E-state index contributed by atoms with van der Waals surface area (Å²) in [4.78, 5) is 37.5. The Labute approximate surface area is 193 Å². The van der Waals surface area contributed by atoms with E-state index in [1.807, 2.05) is 0 Å². The van der Waals surface area contributed by atoms with Crippen LogP contribution >= 0.6 is 0 Å². The lowest BCUT2D eigenvalue weighted by Crippen LogP contribution is -2.49. The number of anilines is 2. The van der Waals surface area contributed by atoms with E-state index in [1.165, 1.54) is 0 Å². The fourth-order valence-corrected chi connectivity index (χ4v) is 4.11. The molecule has 13 heteroatoms. The molecule has 2 aromatic heterocycles. The summed E-state index contributed by atoms with van der Waals surface area (Å²) in [5, 5.41) is 6.34. The first-order valence-electron chi connectivity index (χ1n) is 11.1. The van der Waals surface area contributed by atoms with Crippen LogP contribution in [0, 0.1) is 0 Å². The topological polar surface area (TPSA) is 108 Å². The number of hydrogen-bond acceptors (Lipinski definition) is 8. The zero-order valence-electron chi connectivity index (χ0n) is 18.6. The number of amides is 1. The third kappa shape index (κ3) is 5.64. The predicted octanol–water partition coefficient (Wildman–Crippen LogP) is 1.09. The van der Waals surface area contributed by atoms with Gasteiger partial charge in [-0.1, -0.05) is 0 Å². The fraction of sp³-hybridized carbons (Fsp3) is 0.571. The number of aromatic amines is 1. The van der Waals surface area contributed by atoms with Crippen LogP contribution in [0.2, 0.25) is 0 Å². The molecule has 4 heterocycles. The molecule has 1 saturated heterocycles. The Morgan fingerprint density at radius 2 is 1.79 bits per heavy atom. The van der Waals surface area contributed by atoms with E-state index in [9.17, 15) is 22.8 Å². The Kier molecular flexibility index (Phi) is 7.29. The molecular weight excluding hydrogens is 455 g/mol. The van der Waals surface area contributed by atoms with Gasteiger partial charge in [-0.05, 0) is 12.8 Å². The van der Waals surface area contributed by atoms with Crippen molar-refractivity contribution in [1.82, 2.24) is 25.1 Å². The van der Waals surface area contributed by atoms with Crippen LogP contribution in [0.1, 0.15) is 24.0 Å². The van der Waals surface area contributed by atoms with Gasteiger partial charge in [0, 0.05) is 57.2 Å². The fourth-order valence-electron chi connectivity index (χ4n) is 4.11. The molecule has 10 nitrogen and oxygen atoms in total. The van der Waals surface area contributed by atoms with Crippen molar-refractivity contribution in [1.29, 1.82) is 0 Å². The van der Waals surface area contributed by atoms with Crippen molar-refractivity contribution in [2.75, 3.05) is 62.3 Å². The number of fused-ring (bicyclic) bond motifs is 1. The number of carbonyl (C=O) groups excluding carboxylic acids is 1. The molecule has 0 unspecified atom stereocenters. The van der Waals surface area contributed by atoms with Crippen molar-refractivity contribution in [2.45, 2.75) is 25.4 Å². The van der Waals surface area contributed by atoms with E-state index >= 15 is 0 Å². The lowest BCUT2D eigenvalue weighted by molar-refractivity contribution is -0.138. The summed E-state index contributed by atoms with van der Waals surface area (Å²) in [6, 6.07) is 0. The Balaban J connectivity index is 1.16. The smallest absolute Gasteiger partial charge is 0.379 e. The van der Waals surface area contributed by atoms with Gasteiger partial charge in [0.05, 0.1) is 37.1 Å². The maximum atomic E-state index is 12.7. The summed E-state index contributed by atoms with van der Waals surface area (Å²) in [6.45, 7) is 3.92. The van der Waals surface area contributed by atoms with E-state index < -0.39 is 11.7 Å². The molecule has 0 spiro atoms. The number of ether oxygens (including phenoxy) is 1. The number of nitrogens with one attached hydrogen (secondary N) is 1. The number of carbonyl (C=O) groups is 1. The molecule has 2 aliphatic heterocycles. The third-order valence-corrected chi connectivity index (χ3v) is 5.98. The maximum absolute atomic E-state index is 12.7. The summed E-state index contributed by atoms with van der Waals surface area (Å²) in [6.07, 6.45) is 0.603. The van der Waals surface area contributed by atoms with E-state index in [1.54, 1.807) is 16.0 Å². The molecule has 0 saturated carbocycles. The maximum Gasteiger partial charge on any atom is 0.419 e. The number of rotatable bonds is 7. The van der Waals surface area contributed by atoms with E-state index in [4.69, 9.17) is 4.74 Å². The number of alkyl halides is 3. The lowest BCUT2D eigenvalue weighted by atomic mass is 10.1. The van der Waals surface area contributed by atoms with E-state index in [-0.39, 0.29) is 30.4 Å². The molecule has 2 aliphatic rings. The summed E-state index contributed by atoms with van der Waals surface area (Å²) in [5.41, 5.74) is 0.542. The highest BCUT2D eigenvalue weighted by atomic mass is 19.4. The van der Waals surface area contributed by atoms with Crippen LogP contribution in [0.25, 0.3) is 0 Å². The van der Waals surface area contributed by atoms with Crippen LogP contribution in [-0.2, 0) is 22.1 Å². The monoisotopic (exact) mass is 481 g/mol. The number of piperazine rings is 1. The van der Waals surface area contributed by atoms with Gasteiger partial charge in [-0.3, -0.25) is 9.59 Å². The number of halogens is 3. The van der Waals surface area contributed by atoms with E-state index in [0.29, 0.717) is 39.3 Å². The van der Waals surface area contributed by atoms with Crippen LogP contribution in [0.5, 0.6) is 0 Å². The number of H-pyrrole nitrogens is 1. The third-order valence-electron chi connectivity index (χ3n) is 5.98. The minimum atomic E-state index is -4.47. The molecule has 0 aromatic carbocycles. The highest BCUT2D eigenvalue weighted by Gasteiger charge is 2.32. The molecule has 34 heavy (non-hydrogen) atoms. The molecule has 1 amide bonds. The number of hydrogen-bond donors (Lipinski definition) is 1. The van der Waals surface area contributed by atoms with E-state index in [2.05, 4.69) is 25.1 Å². The largest absolute Gasteiger partial charge is 0.419 e. The van der Waals surface area contributed by atoms with Crippen LogP contribution in [0.15, 0.2) is 23.4 Å². The highest BCUT2D eigenvalue weighted by Crippen LogP contribution is 2.28. The molecule has 184 valence electrons. The summed E-state index contributed by atoms with van der Waals surface area (Å²) in [5.74, 6) is 0.187. The number of nitrogens with zero attached hydrogens (tertiary/aromatic N) is 6. The Morgan fingerprint density at radius 1 is 1.06 bits per heavy atom. The summed E-state index contributed by atoms with van der Waals surface area (Å²) < 4.78 is 43.6. The van der Waals surface area contributed by atoms with Crippen molar-refractivity contribution in [2.24, 2.45) is 0 Å². The van der Waals surface area contributed by atoms with Gasteiger partial charge in [0.25, 0.3) is 5.56 Å². The Morgan fingerprint density at radius 3 is 2.50 bits per heavy atom. The molecule has 4 rings (SSSR count). The van der Waals surface area contributed by atoms with Crippen molar-refractivity contribution >= 4 is 17.5 Å². The van der Waals surface area contributed by atoms with Gasteiger partial charge in [-0.2, -0.15) is 18.3 Å². The van der Waals surface area contributed by atoms with Gasteiger partial charge >= 0.3 is 6.18 Å². The molecule has 1 N–H and O–H groups in total. The normalized spacial score (nSPS) is 16.5. The van der Waals surface area contributed by atoms with Gasteiger partial charge in [0.2, 0.25) is 11.9 Å². The second-order valence-corrected chi connectivity index (χ2v) is 8.15. The summed E-state index contributed by atoms with van der Waals surface area (Å²) >= 11 is 0. The zero-order valence-corrected chi connectivity index (χ0v) is 18.6. The molecule has 0 atom stereocenters. The van der Waals surface area contributed by atoms with Gasteiger partial charge in [-0.15, -0.1) is 0 Å². The number of aromatic nitrogens is 4. The average molecular weight is 481 g/mol. The minimum absolute atomic E-state index is 0.0351. The molecule has 0 aliphatic carbocycles. The minimum Gasteiger partial charge on any atom is -0.379 e. The van der Waals surface area contributed by atoms with Crippen LogP contribution < -0.4 is 15.4 Å². The SMILES string of the molecule is O=C(CCOCCN1CCCc2c1cn[nH]c2=O)N1CCN(c2ncc(C(F)(F)F)cn2)CC1. The van der Waals surface area contributed by atoms with Crippen LogP contribution in [0.3, 0.4) is 0 Å². The quantitative estimate of drug-likeness (QED) is 0.586. The van der Waals surface area contributed by atoms with E-state index in [0.717, 1.165) is 43.0 Å². The van der Waals surface area contributed by atoms with Crippen molar-refractivity contribution in [3.05, 3.63) is 40.1 Å². The van der Waals surface area contributed by atoms with Crippen LogP contribution in [-0.4, -0.2) is 83.5 Å². The standard InChI is InChI=1S/C21H26F3N7O3/c22-21(23,24)15-12-25-20(26-13-15)31-7-5-30(6-8-31)18(32)3-10-34-11-9-29-4-1-2-16-17(29)14-27-28-19(16)33/h12-14H,1-11H2,(H,28,33). The van der Waals surface area contributed by atoms with Crippen molar-refractivity contribution < 1.29 is 22.7 Å². The zero-order chi connectivity index (χ0) is 24.1. The van der Waals surface area contributed by atoms with Crippen molar-refractivity contribution in [3.63, 3.8) is 0 Å². The first-order chi connectivity index (χ1) is 16.3. The molecule has 1 fully saturated rings. The second kappa shape index (κ2) is 10.4. The predicted molar refractivity (Wildman–Crippen MR) is 117 cm³/mol. The molecule has 0 radical (unpaired) electrons. The van der Waals surface area contributed by atoms with Gasteiger partial charge < -0.3 is 19.4 Å². The first kappa shape index (κ1) is 23.9. The Hall–Kier alpha value is -3.22. The van der Waals surface area contributed by atoms with Gasteiger partial charge in [-0.25, -0.2) is 15.1 Å². The van der Waals surface area contributed by atoms with Crippen molar-refractivity contribution in [3.8, 4) is 0 Å².